The molecule has 0 saturated heterocycles. The molecule has 0 unspecified atom stereocenters. The fraction of sp³-hybridized carbons (Fsp3) is 0.579. The van der Waals surface area contributed by atoms with Crippen LogP contribution in [-0.2, 0) is 14.3 Å². The van der Waals surface area contributed by atoms with Crippen LogP contribution in [0, 0.1) is 29.6 Å². The number of ether oxygens (including phenoxy) is 1. The number of nitrogens with one attached hydrogen (secondary N) is 1. The second kappa shape index (κ2) is 6.40. The van der Waals surface area contributed by atoms with E-state index in [0.717, 1.165) is 11.8 Å². The number of rotatable bonds is 4. The van der Waals surface area contributed by atoms with Crippen molar-refractivity contribution in [3.63, 3.8) is 0 Å². The number of benzene rings is 1. The Bertz CT molecular complexity index is 632. The molecule has 0 atom stereocenters. The van der Waals surface area contributed by atoms with Gasteiger partial charge in [-0.2, -0.15) is 0 Å². The molecule has 4 nitrogen and oxygen atoms in total. The highest BCUT2D eigenvalue weighted by molar-refractivity contribution is 6.30. The fourth-order valence-electron chi connectivity index (χ4n) is 5.31. The summed E-state index contributed by atoms with van der Waals surface area (Å²) in [6.07, 6.45) is 6.03. The molecular weight excluding hydrogens is 326 g/mol. The van der Waals surface area contributed by atoms with Crippen molar-refractivity contribution >= 4 is 29.2 Å². The Labute approximate surface area is 146 Å². The van der Waals surface area contributed by atoms with Crippen LogP contribution in [-0.4, -0.2) is 18.5 Å². The summed E-state index contributed by atoms with van der Waals surface area (Å²) >= 11 is 5.89. The molecule has 5 heteroatoms. The number of hydrogen-bond acceptors (Lipinski definition) is 3. The largest absolute Gasteiger partial charge is 0.455 e. The maximum absolute atomic E-state index is 12.5. The highest BCUT2D eigenvalue weighted by atomic mass is 35.5. The predicted molar refractivity (Wildman–Crippen MR) is 91.6 cm³/mol. The summed E-state index contributed by atoms with van der Waals surface area (Å²) in [4.78, 5) is 24.5. The quantitative estimate of drug-likeness (QED) is 0.840. The Morgan fingerprint density at radius 2 is 1.75 bits per heavy atom. The van der Waals surface area contributed by atoms with Crippen molar-refractivity contribution in [1.82, 2.24) is 0 Å². The summed E-state index contributed by atoms with van der Waals surface area (Å²) in [7, 11) is 0. The van der Waals surface area contributed by atoms with E-state index in [0.29, 0.717) is 22.5 Å². The van der Waals surface area contributed by atoms with Crippen molar-refractivity contribution in [3.8, 4) is 0 Å². The molecule has 4 saturated carbocycles. The molecule has 4 fully saturated rings. The third kappa shape index (κ3) is 3.16. The molecule has 128 valence electrons. The normalized spacial score (nSPS) is 33.3. The smallest absolute Gasteiger partial charge is 0.310 e. The number of hydrogen-bond donors (Lipinski definition) is 1. The standard InChI is InChI=1S/C19H22ClNO3/c20-15-2-1-3-16(9-15)21-17(22)10-24-19(23)18-13-5-11-4-12(7-13)8-14(18)6-11/h1-3,9,11-14,18H,4-8,10H2,(H,21,22). The minimum absolute atomic E-state index is 0.0109. The molecule has 4 bridgehead atoms. The molecule has 0 spiro atoms. The van der Waals surface area contributed by atoms with E-state index in [2.05, 4.69) is 5.32 Å². The number of carbonyl (C=O) groups excluding carboxylic acids is 2. The average Bonchev–Trinajstić information content (AvgIpc) is 2.52. The van der Waals surface area contributed by atoms with Crippen molar-refractivity contribution in [2.75, 3.05) is 11.9 Å². The first-order chi connectivity index (χ1) is 11.6. The van der Waals surface area contributed by atoms with Gasteiger partial charge in [-0.3, -0.25) is 9.59 Å². The molecule has 4 aliphatic carbocycles. The van der Waals surface area contributed by atoms with Crippen LogP contribution in [0.5, 0.6) is 0 Å². The second-order valence-corrected chi connectivity index (χ2v) is 8.06. The van der Waals surface area contributed by atoms with E-state index in [-0.39, 0.29) is 24.4 Å². The zero-order valence-electron chi connectivity index (χ0n) is 13.5. The molecule has 1 aromatic rings. The summed E-state index contributed by atoms with van der Waals surface area (Å²) in [6.45, 7) is -0.228. The number of anilines is 1. The average molecular weight is 348 g/mol. The van der Waals surface area contributed by atoms with Gasteiger partial charge in [-0.15, -0.1) is 0 Å². The van der Waals surface area contributed by atoms with Gasteiger partial charge in [0, 0.05) is 10.7 Å². The highest BCUT2D eigenvalue weighted by Gasteiger charge is 2.51. The minimum atomic E-state index is -0.325. The van der Waals surface area contributed by atoms with E-state index in [1.54, 1.807) is 24.3 Å². The van der Waals surface area contributed by atoms with Crippen molar-refractivity contribution in [1.29, 1.82) is 0 Å². The molecule has 1 aromatic carbocycles. The van der Waals surface area contributed by atoms with E-state index in [1.807, 2.05) is 0 Å². The van der Waals surface area contributed by atoms with E-state index in [9.17, 15) is 9.59 Å². The monoisotopic (exact) mass is 347 g/mol. The van der Waals surface area contributed by atoms with Gasteiger partial charge in [0.15, 0.2) is 6.61 Å². The lowest BCUT2D eigenvalue weighted by Crippen LogP contribution is -2.48. The van der Waals surface area contributed by atoms with Crippen LogP contribution in [0.3, 0.4) is 0 Å². The molecule has 5 rings (SSSR count). The highest BCUT2D eigenvalue weighted by Crippen LogP contribution is 2.56. The molecule has 24 heavy (non-hydrogen) atoms. The molecular formula is C19H22ClNO3. The first kappa shape index (κ1) is 15.9. The molecule has 0 aliphatic heterocycles. The van der Waals surface area contributed by atoms with Gasteiger partial charge in [0.2, 0.25) is 0 Å². The topological polar surface area (TPSA) is 55.4 Å². The van der Waals surface area contributed by atoms with Gasteiger partial charge < -0.3 is 10.1 Å². The van der Waals surface area contributed by atoms with E-state index >= 15 is 0 Å². The molecule has 0 radical (unpaired) electrons. The Kier molecular flexibility index (Phi) is 4.25. The summed E-state index contributed by atoms with van der Waals surface area (Å²) < 4.78 is 5.35. The summed E-state index contributed by atoms with van der Waals surface area (Å²) in [6, 6.07) is 6.92. The summed E-state index contributed by atoms with van der Waals surface area (Å²) in [5, 5.41) is 3.26. The molecule has 0 heterocycles. The van der Waals surface area contributed by atoms with Gasteiger partial charge in [0.1, 0.15) is 0 Å². The predicted octanol–water partition coefficient (Wildman–Crippen LogP) is 3.89. The Morgan fingerprint density at radius 3 is 2.38 bits per heavy atom. The van der Waals surface area contributed by atoms with Crippen LogP contribution in [0.4, 0.5) is 5.69 Å². The molecule has 0 aromatic heterocycles. The lowest BCUT2D eigenvalue weighted by molar-refractivity contribution is -0.164. The van der Waals surface area contributed by atoms with Gasteiger partial charge in [-0.05, 0) is 74.0 Å². The van der Waals surface area contributed by atoms with Gasteiger partial charge in [-0.1, -0.05) is 17.7 Å². The maximum atomic E-state index is 12.5. The van der Waals surface area contributed by atoms with Gasteiger partial charge >= 0.3 is 5.97 Å². The van der Waals surface area contributed by atoms with Crippen LogP contribution in [0.15, 0.2) is 24.3 Å². The first-order valence-electron chi connectivity index (χ1n) is 8.80. The lowest BCUT2D eigenvalue weighted by Gasteiger charge is -2.53. The Morgan fingerprint density at radius 1 is 1.08 bits per heavy atom. The van der Waals surface area contributed by atoms with Crippen LogP contribution in [0.1, 0.15) is 32.1 Å². The first-order valence-corrected chi connectivity index (χ1v) is 9.18. The van der Waals surface area contributed by atoms with Crippen LogP contribution in [0.25, 0.3) is 0 Å². The third-order valence-corrected chi connectivity index (χ3v) is 6.19. The third-order valence-electron chi connectivity index (χ3n) is 5.95. The molecule has 1 amide bonds. The maximum Gasteiger partial charge on any atom is 0.310 e. The minimum Gasteiger partial charge on any atom is -0.455 e. The van der Waals surface area contributed by atoms with Crippen LogP contribution < -0.4 is 5.32 Å². The summed E-state index contributed by atoms with van der Waals surface area (Å²) in [5.41, 5.74) is 0.609. The lowest BCUT2D eigenvalue weighted by atomic mass is 9.52. The SMILES string of the molecule is O=C(COC(=O)C1C2CC3CC(C2)CC1C3)Nc1cccc(Cl)c1. The molecule has 4 aliphatic rings. The fourth-order valence-corrected chi connectivity index (χ4v) is 5.50. The van der Waals surface area contributed by atoms with E-state index in [4.69, 9.17) is 16.3 Å². The molecule has 1 N–H and O–H groups in total. The number of esters is 1. The van der Waals surface area contributed by atoms with Crippen LogP contribution in [0.2, 0.25) is 5.02 Å². The van der Waals surface area contributed by atoms with E-state index in [1.165, 1.54) is 32.1 Å². The Hall–Kier alpha value is -1.55. The van der Waals surface area contributed by atoms with Crippen molar-refractivity contribution in [3.05, 3.63) is 29.3 Å². The van der Waals surface area contributed by atoms with Crippen molar-refractivity contribution in [2.24, 2.45) is 29.6 Å². The number of carbonyl (C=O) groups is 2. The number of halogens is 1. The Balaban J connectivity index is 1.31. The van der Waals surface area contributed by atoms with Gasteiger partial charge in [0.25, 0.3) is 5.91 Å². The zero-order chi connectivity index (χ0) is 16.7. The van der Waals surface area contributed by atoms with Crippen molar-refractivity contribution < 1.29 is 14.3 Å². The summed E-state index contributed by atoms with van der Waals surface area (Å²) in [5.74, 6) is 2.11. The van der Waals surface area contributed by atoms with Gasteiger partial charge in [0.05, 0.1) is 5.92 Å². The number of amides is 1. The van der Waals surface area contributed by atoms with Gasteiger partial charge in [-0.25, -0.2) is 0 Å². The zero-order valence-corrected chi connectivity index (χ0v) is 14.3. The van der Waals surface area contributed by atoms with E-state index < -0.39 is 0 Å². The second-order valence-electron chi connectivity index (χ2n) is 7.62. The van der Waals surface area contributed by atoms with Crippen molar-refractivity contribution in [2.45, 2.75) is 32.1 Å². The van der Waals surface area contributed by atoms with Crippen LogP contribution >= 0.6 is 11.6 Å².